The lowest BCUT2D eigenvalue weighted by molar-refractivity contribution is -0.146. The van der Waals surface area contributed by atoms with Crippen LogP contribution in [0.5, 0.6) is 28.7 Å². The summed E-state index contributed by atoms with van der Waals surface area (Å²) in [6, 6.07) is 25.1. The van der Waals surface area contributed by atoms with Crippen LogP contribution in [-0.4, -0.2) is 194 Å². The summed E-state index contributed by atoms with van der Waals surface area (Å²) in [5.41, 5.74) is 1.62. The molecule has 0 bridgehead atoms. The zero-order valence-corrected chi connectivity index (χ0v) is 59.2. The highest BCUT2D eigenvalue weighted by molar-refractivity contribution is 6.29. The first-order valence-corrected chi connectivity index (χ1v) is 34.4. The number of alkyl halides is 7. The first-order chi connectivity index (χ1) is 47.1. The van der Waals surface area contributed by atoms with Crippen molar-refractivity contribution in [2.45, 2.75) is 134 Å². The fourth-order valence-electron chi connectivity index (χ4n) is 15.4. The van der Waals surface area contributed by atoms with Crippen molar-refractivity contribution in [2.24, 2.45) is 5.92 Å². The Bertz CT molecular complexity index is 3820. The molecule has 12 rings (SSSR count). The number of aromatic nitrogens is 3. The average molecular weight is 1410 g/mol. The lowest BCUT2D eigenvalue weighted by Gasteiger charge is -2.52. The fraction of sp³-hybridized carbons (Fsp3) is 0.548. The summed E-state index contributed by atoms with van der Waals surface area (Å²) >= 11 is 6.41. The minimum Gasteiger partial charge on any atom is -0.496 e. The summed E-state index contributed by atoms with van der Waals surface area (Å²) in [4.78, 5) is 51.3. The number of methoxy groups -OCH3 is 4. The van der Waals surface area contributed by atoms with Crippen LogP contribution in [0.15, 0.2) is 91.0 Å². The van der Waals surface area contributed by atoms with E-state index >= 15 is 4.39 Å². The van der Waals surface area contributed by atoms with Crippen LogP contribution in [0.1, 0.15) is 132 Å². The first kappa shape index (κ1) is 74.2. The van der Waals surface area contributed by atoms with E-state index in [0.29, 0.717) is 128 Å². The monoisotopic (exact) mass is 1410 g/mol. The van der Waals surface area contributed by atoms with Gasteiger partial charge in [0.25, 0.3) is 17.7 Å². The summed E-state index contributed by atoms with van der Waals surface area (Å²) in [6.45, 7) is 17.1. The van der Waals surface area contributed by atoms with Gasteiger partial charge in [-0.15, -0.1) is 0 Å². The second kappa shape index (κ2) is 30.4. The minimum absolute atomic E-state index is 0.0374. The van der Waals surface area contributed by atoms with Gasteiger partial charge in [0, 0.05) is 119 Å². The highest BCUT2D eigenvalue weighted by Crippen LogP contribution is 2.48. The number of likely N-dealkylation sites (N-methyl/N-ethyl adjacent to an activating group) is 2. The molecule has 3 fully saturated rings. The third-order valence-corrected chi connectivity index (χ3v) is 21.1. The molecule has 99 heavy (non-hydrogen) atoms. The Hall–Kier alpha value is -7.45. The van der Waals surface area contributed by atoms with E-state index in [9.17, 15) is 40.7 Å². The molecule has 3 aromatic heterocycles. The SMILES string of the molecule is CCc1ccc(C(=O)N2CCC3(CC2)c2ccc(C(F)(F)F)n2CCN3CCOC)cc1OC.COc1cc(C(=O)N2CCC3(CC2)c2ccc(Cl)n2CCN3C)ccc1OCC(C)C.COc1cc(C(=O)N2CC[C@]3(c4ccc(C(F)(F)F)n4CCN3C)[C@H](F)C2)ccc1OC(C)C. The molecule has 26 heteroatoms. The zero-order valence-electron chi connectivity index (χ0n) is 58.5. The van der Waals surface area contributed by atoms with E-state index in [1.807, 2.05) is 56.0 Å². The van der Waals surface area contributed by atoms with Crippen LogP contribution < -0.4 is 23.7 Å². The van der Waals surface area contributed by atoms with Crippen molar-refractivity contribution in [1.82, 2.24) is 43.1 Å². The number of hydrogen-bond acceptors (Lipinski definition) is 12. The van der Waals surface area contributed by atoms with Crippen molar-refractivity contribution >= 4 is 29.3 Å². The predicted molar refractivity (Wildman–Crippen MR) is 362 cm³/mol. The number of rotatable bonds is 15. The highest BCUT2D eigenvalue weighted by atomic mass is 35.5. The Morgan fingerprint density at radius 1 is 0.535 bits per heavy atom. The van der Waals surface area contributed by atoms with Gasteiger partial charge in [-0.1, -0.05) is 38.4 Å². The Morgan fingerprint density at radius 3 is 1.56 bits per heavy atom. The van der Waals surface area contributed by atoms with Crippen LogP contribution in [0.4, 0.5) is 30.7 Å². The molecule has 6 aliphatic rings. The number of piperidine rings is 3. The number of benzene rings is 3. The maximum Gasteiger partial charge on any atom is 0.431 e. The Morgan fingerprint density at radius 2 is 1.01 bits per heavy atom. The second-order valence-electron chi connectivity index (χ2n) is 27.0. The van der Waals surface area contributed by atoms with Crippen molar-refractivity contribution in [3.05, 3.63) is 147 Å². The maximum atomic E-state index is 15.9. The van der Waals surface area contributed by atoms with Gasteiger partial charge in [-0.05, 0) is 163 Å². The van der Waals surface area contributed by atoms with Gasteiger partial charge in [0.2, 0.25) is 0 Å². The van der Waals surface area contributed by atoms with Gasteiger partial charge in [0.1, 0.15) is 28.5 Å². The summed E-state index contributed by atoms with van der Waals surface area (Å²) in [7, 11) is 10.2. The topological polar surface area (TPSA) is 141 Å². The number of carbonyl (C=O) groups excluding carboxylic acids is 3. The maximum absolute atomic E-state index is 15.9. The summed E-state index contributed by atoms with van der Waals surface area (Å²) in [6.07, 6.45) is -6.64. The van der Waals surface area contributed by atoms with E-state index in [0.717, 1.165) is 49.1 Å². The lowest BCUT2D eigenvalue weighted by atomic mass is 9.79. The third-order valence-electron chi connectivity index (χ3n) is 20.7. The average Bonchev–Trinajstić information content (AvgIpc) is 1.70. The van der Waals surface area contributed by atoms with E-state index in [1.54, 1.807) is 74.6 Å². The molecule has 0 unspecified atom stereocenters. The number of amides is 3. The van der Waals surface area contributed by atoms with Gasteiger partial charge in [0.05, 0.1) is 63.8 Å². The molecule has 3 spiro atoms. The van der Waals surface area contributed by atoms with Crippen molar-refractivity contribution in [3.8, 4) is 28.7 Å². The third kappa shape index (κ3) is 14.9. The number of halogens is 8. The molecule has 540 valence electrons. The Kier molecular flexibility index (Phi) is 22.8. The number of ether oxygens (including phenoxy) is 6. The summed E-state index contributed by atoms with van der Waals surface area (Å²) < 4.78 is 135. The molecule has 6 aliphatic heterocycles. The predicted octanol–water partition coefficient (Wildman–Crippen LogP) is 12.8. The van der Waals surface area contributed by atoms with E-state index < -0.39 is 41.0 Å². The van der Waals surface area contributed by atoms with E-state index in [4.69, 9.17) is 40.0 Å². The van der Waals surface area contributed by atoms with Gasteiger partial charge in [-0.25, -0.2) is 4.39 Å². The van der Waals surface area contributed by atoms with E-state index in [-0.39, 0.29) is 68.5 Å². The van der Waals surface area contributed by atoms with Crippen molar-refractivity contribution in [1.29, 1.82) is 0 Å². The smallest absolute Gasteiger partial charge is 0.431 e. The molecule has 6 aromatic rings. The standard InChI is InChI=1S/C25H32F3N3O3.C24H32ClN3O3.C24H29F4N3O3/c1-4-18-5-6-19(17-20(18)34-3)23(32)29-11-9-24(10-12-29)21-7-8-22(25(26,27)28)31(21)14-13-30(24)15-16-33-2;1-17(2)16-31-19-6-5-18(15-20(19)30-4)23(29)27-11-9-24(10-12-27)21-7-8-22(25)28(21)14-13-26(24)3;1-15(2)34-17-6-5-16(13-18(17)33-4)22(32)30-10-9-23(19(25)14-30)20-7-8-21(24(26,27)28)31(20)12-11-29(23)3/h5-8,17H,4,9-16H2,1-3H3;5-8,15,17H,9-14,16H2,1-4H3;5-8,13,15,19H,9-12,14H2,1-4H3/t;;19-,23-/m..1/s1. The molecule has 9 heterocycles. The van der Waals surface area contributed by atoms with E-state index in [1.165, 1.54) is 39.0 Å². The molecule has 3 saturated heterocycles. The second-order valence-corrected chi connectivity index (χ2v) is 27.4. The number of aryl methyl sites for hydroxylation is 1. The Labute approximate surface area is 580 Å². The van der Waals surface area contributed by atoms with Gasteiger partial charge < -0.3 is 56.8 Å². The number of hydrogen-bond donors (Lipinski definition) is 0. The van der Waals surface area contributed by atoms with Crippen molar-refractivity contribution < 1.29 is 73.5 Å². The molecule has 0 aliphatic carbocycles. The number of fused-ring (bicyclic) bond motifs is 6. The summed E-state index contributed by atoms with van der Waals surface area (Å²) in [5.74, 6) is 2.87. The molecular formula is C73H93ClF7N9O9. The van der Waals surface area contributed by atoms with Gasteiger partial charge in [-0.3, -0.25) is 29.1 Å². The van der Waals surface area contributed by atoms with Gasteiger partial charge in [-0.2, -0.15) is 26.3 Å². The van der Waals surface area contributed by atoms with E-state index in [2.05, 4.69) is 41.3 Å². The number of nitrogens with zero attached hydrogens (tertiary/aromatic N) is 9. The number of carbonyl (C=O) groups is 3. The Balaban J connectivity index is 0.000000161. The molecule has 0 N–H and O–H groups in total. The molecule has 3 amide bonds. The zero-order chi connectivity index (χ0) is 71.5. The molecule has 18 nitrogen and oxygen atoms in total. The quantitative estimate of drug-likeness (QED) is 0.0904. The molecule has 3 aromatic carbocycles. The van der Waals surface area contributed by atoms with Crippen LogP contribution in [0, 0.1) is 5.92 Å². The molecule has 2 atom stereocenters. The molecule has 0 saturated carbocycles. The molecular weight excluding hydrogens is 1320 g/mol. The minimum atomic E-state index is -4.51. The largest absolute Gasteiger partial charge is 0.496 e. The van der Waals surface area contributed by atoms with Crippen LogP contribution in [-0.2, 0) is 59.8 Å². The van der Waals surface area contributed by atoms with Crippen LogP contribution >= 0.6 is 11.6 Å². The molecule has 0 radical (unpaired) electrons. The van der Waals surface area contributed by atoms with Gasteiger partial charge >= 0.3 is 12.4 Å². The lowest BCUT2D eigenvalue weighted by Crippen LogP contribution is -2.63. The summed E-state index contributed by atoms with van der Waals surface area (Å²) in [5, 5.41) is 0.799. The fourth-order valence-corrected chi connectivity index (χ4v) is 15.7. The number of likely N-dealkylation sites (tertiary alicyclic amines) is 3. The normalized spacial score (nSPS) is 20.0. The van der Waals surface area contributed by atoms with Crippen LogP contribution in [0.3, 0.4) is 0 Å². The van der Waals surface area contributed by atoms with Gasteiger partial charge in [0.15, 0.2) is 23.0 Å². The van der Waals surface area contributed by atoms with Crippen molar-refractivity contribution in [3.63, 3.8) is 0 Å². The highest BCUT2D eigenvalue weighted by Gasteiger charge is 2.54. The first-order valence-electron chi connectivity index (χ1n) is 34.0. The van der Waals surface area contributed by atoms with Crippen LogP contribution in [0.25, 0.3) is 0 Å². The van der Waals surface area contributed by atoms with Crippen molar-refractivity contribution in [2.75, 3.05) is 121 Å². The van der Waals surface area contributed by atoms with Crippen LogP contribution in [0.2, 0.25) is 5.15 Å².